The van der Waals surface area contributed by atoms with Crippen molar-refractivity contribution < 1.29 is 24.5 Å². The van der Waals surface area contributed by atoms with Crippen molar-refractivity contribution in [2.45, 2.75) is 0 Å². The molecule has 1 rings (SSSR count). The highest BCUT2D eigenvalue weighted by Gasteiger charge is 2.15. The largest absolute Gasteiger partial charge is 0.494 e. The molecule has 0 saturated carbocycles. The van der Waals surface area contributed by atoms with E-state index in [9.17, 15) is 9.59 Å². The number of aromatic nitrogens is 1. The number of ether oxygens (including phenoxy) is 1. The molecule has 1 heterocycles. The monoisotopic (exact) mass is 197 g/mol. The lowest BCUT2D eigenvalue weighted by atomic mass is 10.2. The number of hydrogen-bond acceptors (Lipinski definition) is 4. The van der Waals surface area contributed by atoms with Crippen molar-refractivity contribution in [3.63, 3.8) is 0 Å². The summed E-state index contributed by atoms with van der Waals surface area (Å²) in [6, 6.07) is 1.11. The van der Waals surface area contributed by atoms with Gasteiger partial charge in [0.05, 0.1) is 12.7 Å². The van der Waals surface area contributed by atoms with Crippen LogP contribution in [0.25, 0.3) is 0 Å². The molecule has 6 nitrogen and oxygen atoms in total. The SMILES string of the molecule is COc1cc(C(=O)O)cnc1C(=O)O. The number of rotatable bonds is 3. The minimum atomic E-state index is -1.27. The second-order valence-electron chi connectivity index (χ2n) is 2.39. The summed E-state index contributed by atoms with van der Waals surface area (Å²) >= 11 is 0. The zero-order chi connectivity index (χ0) is 10.7. The topological polar surface area (TPSA) is 96.7 Å². The summed E-state index contributed by atoms with van der Waals surface area (Å²) in [5.74, 6) is -2.52. The molecule has 0 amide bonds. The molecule has 0 unspecified atom stereocenters. The van der Waals surface area contributed by atoms with Gasteiger partial charge in [0.1, 0.15) is 0 Å². The highest BCUT2D eigenvalue weighted by atomic mass is 16.5. The van der Waals surface area contributed by atoms with Crippen LogP contribution < -0.4 is 4.74 Å². The first kappa shape index (κ1) is 9.97. The summed E-state index contributed by atoms with van der Waals surface area (Å²) in [4.78, 5) is 24.5. The highest BCUT2D eigenvalue weighted by molar-refractivity contribution is 5.92. The van der Waals surface area contributed by atoms with Gasteiger partial charge in [0.25, 0.3) is 0 Å². The van der Waals surface area contributed by atoms with Gasteiger partial charge in [-0.25, -0.2) is 14.6 Å². The molecule has 0 spiro atoms. The Kier molecular flexibility index (Phi) is 2.66. The molecule has 0 aromatic carbocycles. The first-order valence-electron chi connectivity index (χ1n) is 3.57. The summed E-state index contributed by atoms with van der Waals surface area (Å²) in [6.07, 6.45) is 0.967. The minimum Gasteiger partial charge on any atom is -0.494 e. The van der Waals surface area contributed by atoms with Crippen molar-refractivity contribution in [3.05, 3.63) is 23.5 Å². The number of methoxy groups -OCH3 is 1. The van der Waals surface area contributed by atoms with E-state index in [4.69, 9.17) is 14.9 Å². The van der Waals surface area contributed by atoms with E-state index in [1.807, 2.05) is 0 Å². The minimum absolute atomic E-state index is 0.0719. The molecular formula is C8H7NO5. The quantitative estimate of drug-likeness (QED) is 0.731. The first-order valence-corrected chi connectivity index (χ1v) is 3.57. The Balaban J connectivity index is 3.25. The van der Waals surface area contributed by atoms with Crippen LogP contribution in [-0.2, 0) is 0 Å². The second-order valence-corrected chi connectivity index (χ2v) is 2.39. The van der Waals surface area contributed by atoms with E-state index in [1.165, 1.54) is 7.11 Å². The fraction of sp³-hybridized carbons (Fsp3) is 0.125. The highest BCUT2D eigenvalue weighted by Crippen LogP contribution is 2.17. The molecule has 0 aliphatic heterocycles. The molecule has 0 saturated heterocycles. The third kappa shape index (κ3) is 1.79. The van der Waals surface area contributed by atoms with E-state index in [2.05, 4.69) is 4.98 Å². The molecule has 1 aromatic heterocycles. The molecule has 0 fully saturated rings. The Hall–Kier alpha value is -2.11. The van der Waals surface area contributed by atoms with Crippen molar-refractivity contribution in [1.29, 1.82) is 0 Å². The maximum absolute atomic E-state index is 10.6. The zero-order valence-corrected chi connectivity index (χ0v) is 7.22. The van der Waals surface area contributed by atoms with Crippen LogP contribution in [0.1, 0.15) is 20.8 Å². The zero-order valence-electron chi connectivity index (χ0n) is 7.22. The Morgan fingerprint density at radius 1 is 1.36 bits per heavy atom. The van der Waals surface area contributed by atoms with Gasteiger partial charge in [0.15, 0.2) is 11.4 Å². The summed E-state index contributed by atoms with van der Waals surface area (Å²) in [7, 11) is 1.25. The van der Waals surface area contributed by atoms with Gasteiger partial charge in [-0.3, -0.25) is 0 Å². The van der Waals surface area contributed by atoms with Crippen LogP contribution in [0, 0.1) is 0 Å². The molecule has 0 radical (unpaired) electrons. The summed E-state index contributed by atoms with van der Waals surface area (Å²) in [5.41, 5.74) is -0.427. The van der Waals surface area contributed by atoms with Gasteiger partial charge in [-0.05, 0) is 6.07 Å². The van der Waals surface area contributed by atoms with E-state index in [1.54, 1.807) is 0 Å². The third-order valence-electron chi connectivity index (χ3n) is 1.52. The Bertz CT molecular complexity index is 387. The number of aromatic carboxylic acids is 2. The van der Waals surface area contributed by atoms with E-state index < -0.39 is 11.9 Å². The lowest BCUT2D eigenvalue weighted by Crippen LogP contribution is -2.06. The predicted molar refractivity (Wildman–Crippen MR) is 44.7 cm³/mol. The van der Waals surface area contributed by atoms with Crippen molar-refractivity contribution in [2.75, 3.05) is 7.11 Å². The van der Waals surface area contributed by atoms with Crippen LogP contribution >= 0.6 is 0 Å². The number of carboxylic acids is 2. The average Bonchev–Trinajstić information content (AvgIpc) is 2.16. The summed E-state index contributed by atoms with van der Waals surface area (Å²) in [6.45, 7) is 0. The normalized spacial score (nSPS) is 9.50. The standard InChI is InChI=1S/C8H7NO5/c1-14-5-2-4(7(10)11)3-9-6(5)8(12)13/h2-3H,1H3,(H,10,11)(H,12,13). The van der Waals surface area contributed by atoms with Crippen LogP contribution in [0.4, 0.5) is 0 Å². The molecule has 1 aromatic rings. The Labute approximate surface area is 78.8 Å². The van der Waals surface area contributed by atoms with Crippen LogP contribution in [0.3, 0.4) is 0 Å². The summed E-state index contributed by atoms with van der Waals surface area (Å²) < 4.78 is 4.69. The van der Waals surface area contributed by atoms with Gasteiger partial charge in [0.2, 0.25) is 0 Å². The van der Waals surface area contributed by atoms with E-state index >= 15 is 0 Å². The lowest BCUT2D eigenvalue weighted by molar-refractivity contribution is 0.0672. The second kappa shape index (κ2) is 3.73. The van der Waals surface area contributed by atoms with E-state index in [-0.39, 0.29) is 17.0 Å². The predicted octanol–water partition coefficient (Wildman–Crippen LogP) is 0.487. The van der Waals surface area contributed by atoms with Gasteiger partial charge in [-0.15, -0.1) is 0 Å². The maximum Gasteiger partial charge on any atom is 0.358 e. The average molecular weight is 197 g/mol. The van der Waals surface area contributed by atoms with Crippen LogP contribution in [0.15, 0.2) is 12.3 Å². The lowest BCUT2D eigenvalue weighted by Gasteiger charge is -2.03. The van der Waals surface area contributed by atoms with Crippen LogP contribution in [0.2, 0.25) is 0 Å². The first-order chi connectivity index (χ1) is 6.56. The fourth-order valence-electron chi connectivity index (χ4n) is 0.878. The van der Waals surface area contributed by atoms with Crippen LogP contribution in [-0.4, -0.2) is 34.2 Å². The van der Waals surface area contributed by atoms with E-state index in [0.717, 1.165) is 12.3 Å². The fourth-order valence-corrected chi connectivity index (χ4v) is 0.878. The molecular weight excluding hydrogens is 190 g/mol. The molecule has 0 atom stereocenters. The maximum atomic E-state index is 10.6. The van der Waals surface area contributed by atoms with Crippen molar-refractivity contribution >= 4 is 11.9 Å². The molecule has 0 aliphatic carbocycles. The molecule has 6 heteroatoms. The van der Waals surface area contributed by atoms with Gasteiger partial charge >= 0.3 is 11.9 Å². The number of carboxylic acid groups (broad SMARTS) is 2. The number of carbonyl (C=O) groups is 2. The molecule has 2 N–H and O–H groups in total. The third-order valence-corrected chi connectivity index (χ3v) is 1.52. The van der Waals surface area contributed by atoms with Crippen molar-refractivity contribution in [2.24, 2.45) is 0 Å². The van der Waals surface area contributed by atoms with Gasteiger partial charge in [-0.1, -0.05) is 0 Å². The van der Waals surface area contributed by atoms with Crippen molar-refractivity contribution in [1.82, 2.24) is 4.98 Å². The van der Waals surface area contributed by atoms with Gasteiger partial charge < -0.3 is 14.9 Å². The molecule has 0 aliphatic rings. The summed E-state index contributed by atoms with van der Waals surface area (Å²) in [5, 5.41) is 17.2. The van der Waals surface area contributed by atoms with Crippen LogP contribution in [0.5, 0.6) is 5.75 Å². The van der Waals surface area contributed by atoms with Crippen molar-refractivity contribution in [3.8, 4) is 5.75 Å². The Morgan fingerprint density at radius 2 is 2.00 bits per heavy atom. The smallest absolute Gasteiger partial charge is 0.358 e. The molecule has 74 valence electrons. The number of hydrogen-bond donors (Lipinski definition) is 2. The number of nitrogens with zero attached hydrogens (tertiary/aromatic N) is 1. The molecule has 14 heavy (non-hydrogen) atoms. The Morgan fingerprint density at radius 3 is 2.43 bits per heavy atom. The van der Waals surface area contributed by atoms with Gasteiger partial charge in [0, 0.05) is 6.20 Å². The van der Waals surface area contributed by atoms with Gasteiger partial charge in [-0.2, -0.15) is 0 Å². The number of pyridine rings is 1. The van der Waals surface area contributed by atoms with E-state index in [0.29, 0.717) is 0 Å². The molecule has 0 bridgehead atoms.